The molecule has 14 nitrogen and oxygen atoms in total. The molecule has 1 aliphatic heterocycles. The average Bonchev–Trinajstić information content (AvgIpc) is 3.90. The van der Waals surface area contributed by atoms with Crippen LogP contribution in [0.1, 0.15) is 59.5 Å². The third-order valence-corrected chi connectivity index (χ3v) is 10.1. The summed E-state index contributed by atoms with van der Waals surface area (Å²) in [4.78, 5) is 76.7. The summed E-state index contributed by atoms with van der Waals surface area (Å²) in [6.07, 6.45) is -0.435. The molecule has 1 aliphatic rings. The fourth-order valence-electron chi connectivity index (χ4n) is 7.01. The van der Waals surface area contributed by atoms with Gasteiger partial charge in [-0.25, -0.2) is 14.6 Å². The van der Waals surface area contributed by atoms with Crippen LogP contribution in [0.5, 0.6) is 0 Å². The van der Waals surface area contributed by atoms with Gasteiger partial charge in [0.05, 0.1) is 12.6 Å². The van der Waals surface area contributed by atoms with Gasteiger partial charge in [-0.15, -0.1) is 0 Å². The molecule has 0 bridgehead atoms. The molecule has 4 N–H and O–H groups in total. The maximum atomic E-state index is 14.7. The molecule has 4 amide bonds. The monoisotopic (exact) mass is 802 g/mol. The predicted molar refractivity (Wildman–Crippen MR) is 220 cm³/mol. The van der Waals surface area contributed by atoms with Crippen LogP contribution in [0.15, 0.2) is 120 Å². The van der Waals surface area contributed by atoms with E-state index in [1.54, 1.807) is 31.3 Å². The van der Waals surface area contributed by atoms with E-state index in [9.17, 15) is 24.0 Å². The lowest BCUT2D eigenvalue weighted by atomic mass is 10.0. The van der Waals surface area contributed by atoms with Crippen molar-refractivity contribution >= 4 is 40.9 Å². The van der Waals surface area contributed by atoms with Crippen LogP contribution < -0.4 is 16.4 Å². The first-order chi connectivity index (χ1) is 28.7. The van der Waals surface area contributed by atoms with Crippen molar-refractivity contribution in [1.29, 1.82) is 0 Å². The number of fused-ring (bicyclic) bond motifs is 1. The zero-order chi connectivity index (χ0) is 41.6. The van der Waals surface area contributed by atoms with Crippen molar-refractivity contribution in [3.05, 3.63) is 138 Å². The minimum Gasteiger partial charge on any atom is -0.445 e. The Morgan fingerprint density at radius 2 is 1.46 bits per heavy atom. The van der Waals surface area contributed by atoms with Crippen molar-refractivity contribution in [2.24, 2.45) is 5.73 Å². The van der Waals surface area contributed by atoms with Crippen LogP contribution in [0.25, 0.3) is 11.1 Å². The van der Waals surface area contributed by atoms with Crippen molar-refractivity contribution in [1.82, 2.24) is 25.4 Å². The summed E-state index contributed by atoms with van der Waals surface area (Å²) in [7, 11) is 1.60. The van der Waals surface area contributed by atoms with Crippen LogP contribution in [-0.4, -0.2) is 88.9 Å². The van der Waals surface area contributed by atoms with E-state index in [2.05, 4.69) is 15.6 Å². The van der Waals surface area contributed by atoms with Gasteiger partial charge in [-0.1, -0.05) is 103 Å². The summed E-state index contributed by atoms with van der Waals surface area (Å²) in [5.74, 6) is -1.89. The maximum absolute atomic E-state index is 14.7. The molecule has 1 aromatic heterocycles. The molecule has 5 aromatic rings. The van der Waals surface area contributed by atoms with Crippen molar-refractivity contribution < 1.29 is 37.9 Å². The van der Waals surface area contributed by atoms with Crippen molar-refractivity contribution in [2.45, 2.75) is 75.9 Å². The van der Waals surface area contributed by atoms with Crippen LogP contribution >= 0.6 is 0 Å². The number of hydrogen-bond acceptors (Lipinski definition) is 10. The highest BCUT2D eigenvalue weighted by molar-refractivity contribution is 6.01. The second-order valence-electron chi connectivity index (χ2n) is 14.6. The number of rotatable bonds is 18. The molecule has 308 valence electrons. The number of nitrogens with two attached hydrogens (primary N) is 1. The SMILES string of the molecule is CN(Cc1ccccc1)C(=O)O[C@@H]1C[C@@H](C(=O)N[C@@H](CCCCN)C(=O)c2nc3ccccc3o2)N(C(=O)[C@@H](CCc2ccccc2)NC(=O)OCc2ccccc2)C1. The number of aryl methyl sites for hydroxylation is 1. The Morgan fingerprint density at radius 1 is 0.814 bits per heavy atom. The van der Waals surface area contributed by atoms with Crippen LogP contribution in [-0.2, 0) is 38.6 Å². The van der Waals surface area contributed by atoms with Crippen LogP contribution in [0.4, 0.5) is 9.59 Å². The number of nitrogens with one attached hydrogen (secondary N) is 2. The smallest absolute Gasteiger partial charge is 0.410 e. The summed E-state index contributed by atoms with van der Waals surface area (Å²) < 4.78 is 17.2. The lowest BCUT2D eigenvalue weighted by molar-refractivity contribution is -0.140. The molecule has 59 heavy (non-hydrogen) atoms. The van der Waals surface area contributed by atoms with Crippen LogP contribution in [0, 0.1) is 0 Å². The molecular weight excluding hydrogens is 753 g/mol. The summed E-state index contributed by atoms with van der Waals surface area (Å²) in [5, 5.41) is 5.60. The normalized spacial score (nSPS) is 15.9. The third kappa shape index (κ3) is 11.8. The van der Waals surface area contributed by atoms with E-state index in [-0.39, 0.29) is 44.8 Å². The molecular formula is C45H50N6O8. The van der Waals surface area contributed by atoms with Gasteiger partial charge in [-0.2, -0.15) is 0 Å². The number of Topliss-reactive ketones (excluding diaryl/α,β-unsaturated/α-hetero) is 1. The van der Waals surface area contributed by atoms with E-state index in [4.69, 9.17) is 19.6 Å². The number of unbranched alkanes of at least 4 members (excludes halogenated alkanes) is 1. The maximum Gasteiger partial charge on any atom is 0.410 e. The number of likely N-dealkylation sites (tertiary alicyclic amines) is 1. The second-order valence-corrected chi connectivity index (χ2v) is 14.6. The molecule has 0 saturated carbocycles. The second kappa shape index (κ2) is 20.8. The van der Waals surface area contributed by atoms with Gasteiger partial charge in [0, 0.05) is 20.0 Å². The van der Waals surface area contributed by atoms with E-state index in [0.29, 0.717) is 36.9 Å². The number of benzene rings is 4. The lowest BCUT2D eigenvalue weighted by Gasteiger charge is -2.29. The minimum atomic E-state index is -1.17. The molecule has 2 heterocycles. The molecule has 6 rings (SSSR count). The van der Waals surface area contributed by atoms with Crippen molar-refractivity contribution in [2.75, 3.05) is 20.1 Å². The fourth-order valence-corrected chi connectivity index (χ4v) is 7.01. The number of nitrogens with zero attached hydrogens (tertiary/aromatic N) is 3. The molecule has 0 spiro atoms. The quantitative estimate of drug-likeness (QED) is 0.0724. The van der Waals surface area contributed by atoms with Crippen LogP contribution in [0.2, 0.25) is 0 Å². The van der Waals surface area contributed by atoms with Crippen molar-refractivity contribution in [3.63, 3.8) is 0 Å². The number of oxazole rings is 1. The third-order valence-electron chi connectivity index (χ3n) is 10.1. The topological polar surface area (TPSA) is 186 Å². The van der Waals surface area contributed by atoms with Gasteiger partial charge in [0.2, 0.25) is 17.6 Å². The Labute approximate surface area is 343 Å². The van der Waals surface area contributed by atoms with E-state index in [1.807, 2.05) is 91.0 Å². The standard InChI is InChI=1S/C45H50N6O8/c1-50(28-32-17-7-3-8-18-32)45(56)58-34-27-38(41(53)47-36(22-13-14-26-46)40(52)42-48-35-21-11-12-23-39(35)59-42)51(29-34)43(54)37(25-24-31-15-5-2-6-16-31)49-44(55)57-30-33-19-9-4-10-20-33/h2-12,15-21,23,34,36-38H,13-14,22,24-30,46H2,1H3,(H,47,53)(H,49,55)/t34-,36+,37-,38+/m1/s1. The summed E-state index contributed by atoms with van der Waals surface area (Å²) in [6, 6.07) is 31.6. The Kier molecular flexibility index (Phi) is 14.8. The molecule has 14 heteroatoms. The fraction of sp³-hybridized carbons (Fsp3) is 0.333. The van der Waals surface area contributed by atoms with Gasteiger partial charge in [-0.3, -0.25) is 14.4 Å². The molecule has 0 unspecified atom stereocenters. The molecule has 0 aliphatic carbocycles. The van der Waals surface area contributed by atoms with Crippen molar-refractivity contribution in [3.8, 4) is 0 Å². The summed E-state index contributed by atoms with van der Waals surface area (Å²) >= 11 is 0. The number of aromatic nitrogens is 1. The number of ketones is 1. The zero-order valence-electron chi connectivity index (χ0n) is 33.0. The van der Waals surface area contributed by atoms with E-state index in [1.165, 1.54) is 9.80 Å². The molecule has 0 radical (unpaired) electrons. The minimum absolute atomic E-state index is 0.0187. The van der Waals surface area contributed by atoms with E-state index < -0.39 is 54.0 Å². The van der Waals surface area contributed by atoms with E-state index in [0.717, 1.165) is 16.7 Å². The van der Waals surface area contributed by atoms with Gasteiger partial charge in [0.25, 0.3) is 5.89 Å². The van der Waals surface area contributed by atoms with Gasteiger partial charge >= 0.3 is 12.2 Å². The molecule has 1 saturated heterocycles. The van der Waals surface area contributed by atoms with Gasteiger partial charge in [0.15, 0.2) is 5.58 Å². The van der Waals surface area contributed by atoms with E-state index >= 15 is 0 Å². The Morgan fingerprint density at radius 3 is 2.14 bits per heavy atom. The average molecular weight is 803 g/mol. The highest BCUT2D eigenvalue weighted by atomic mass is 16.6. The number of para-hydroxylation sites is 2. The molecule has 4 atom stereocenters. The lowest BCUT2D eigenvalue weighted by Crippen LogP contribution is -2.55. The Balaban J connectivity index is 1.24. The number of ether oxygens (including phenoxy) is 2. The van der Waals surface area contributed by atoms with Gasteiger partial charge in [-0.05, 0) is 67.5 Å². The highest BCUT2D eigenvalue weighted by Gasteiger charge is 2.45. The first-order valence-electron chi connectivity index (χ1n) is 19.9. The summed E-state index contributed by atoms with van der Waals surface area (Å²) in [5.41, 5.74) is 9.28. The Bertz CT molecular complexity index is 2130. The highest BCUT2D eigenvalue weighted by Crippen LogP contribution is 2.25. The number of carbonyl (C=O) groups is 5. The first-order valence-corrected chi connectivity index (χ1v) is 19.9. The number of hydrogen-bond donors (Lipinski definition) is 3. The number of alkyl carbamates (subject to hydrolysis) is 1. The summed E-state index contributed by atoms with van der Waals surface area (Å²) in [6.45, 7) is 0.508. The van der Waals surface area contributed by atoms with Gasteiger partial charge in [0.1, 0.15) is 30.3 Å². The number of amides is 4. The Hall–Kier alpha value is -6.54. The van der Waals surface area contributed by atoms with Crippen LogP contribution in [0.3, 0.4) is 0 Å². The zero-order valence-corrected chi connectivity index (χ0v) is 33.0. The number of carbonyl (C=O) groups excluding carboxylic acids is 5. The molecule has 4 aromatic carbocycles. The predicted octanol–water partition coefficient (Wildman–Crippen LogP) is 5.79. The van der Waals surface area contributed by atoms with Gasteiger partial charge < -0.3 is 40.1 Å². The first kappa shape index (κ1) is 42.1. The largest absolute Gasteiger partial charge is 0.445 e. The molecule has 1 fully saturated rings.